The van der Waals surface area contributed by atoms with Crippen LogP contribution in [0.2, 0.25) is 0 Å². The van der Waals surface area contributed by atoms with Gasteiger partial charge in [0.15, 0.2) is 0 Å². The molecule has 0 aromatic heterocycles. The van der Waals surface area contributed by atoms with Gasteiger partial charge >= 0.3 is 0 Å². The summed E-state index contributed by atoms with van der Waals surface area (Å²) in [5.41, 5.74) is 4.69. The number of carbonyl (C=O) groups is 1. The van der Waals surface area contributed by atoms with E-state index >= 15 is 0 Å². The van der Waals surface area contributed by atoms with Crippen molar-refractivity contribution < 1.29 is 14.3 Å². The third-order valence-electron chi connectivity index (χ3n) is 3.67. The summed E-state index contributed by atoms with van der Waals surface area (Å²) in [4.78, 5) is 12.3. The zero-order valence-corrected chi connectivity index (χ0v) is 14.8. The van der Waals surface area contributed by atoms with E-state index in [0.717, 1.165) is 28.0 Å². The van der Waals surface area contributed by atoms with Crippen molar-refractivity contribution in [3.8, 4) is 11.5 Å². The predicted octanol–water partition coefficient (Wildman–Crippen LogP) is 4.36. The van der Waals surface area contributed by atoms with Crippen LogP contribution < -0.4 is 14.8 Å². The Balaban J connectivity index is 2.22. The molecule has 0 saturated carbocycles. The molecule has 0 heterocycles. The van der Waals surface area contributed by atoms with Gasteiger partial charge in [-0.25, -0.2) is 0 Å². The van der Waals surface area contributed by atoms with Gasteiger partial charge in [-0.2, -0.15) is 0 Å². The van der Waals surface area contributed by atoms with Crippen LogP contribution in [0.4, 0.5) is 5.69 Å². The summed E-state index contributed by atoms with van der Waals surface area (Å²) in [7, 11) is 3.20. The van der Waals surface area contributed by atoms with Crippen LogP contribution in [0.3, 0.4) is 0 Å². The summed E-state index contributed by atoms with van der Waals surface area (Å²) < 4.78 is 10.6. The Kier molecular flexibility index (Phi) is 5.64. The van der Waals surface area contributed by atoms with Crippen molar-refractivity contribution >= 4 is 17.2 Å². The minimum atomic E-state index is -0.171. The largest absolute Gasteiger partial charge is 0.497 e. The average molecular weight is 325 g/mol. The van der Waals surface area contributed by atoms with Crippen molar-refractivity contribution in [2.24, 2.45) is 0 Å². The maximum atomic E-state index is 12.3. The second kappa shape index (κ2) is 7.68. The number of nitrogens with one attached hydrogen (secondary N) is 1. The molecule has 2 aromatic rings. The molecule has 0 atom stereocenters. The highest BCUT2D eigenvalue weighted by molar-refractivity contribution is 6.04. The highest BCUT2D eigenvalue weighted by Gasteiger charge is 2.09. The molecular formula is C20H23NO3. The second-order valence-electron chi connectivity index (χ2n) is 5.76. The molecule has 0 aliphatic heterocycles. The van der Waals surface area contributed by atoms with Crippen molar-refractivity contribution in [2.45, 2.75) is 20.8 Å². The zero-order chi connectivity index (χ0) is 17.7. The number of hydrogen-bond acceptors (Lipinski definition) is 3. The van der Waals surface area contributed by atoms with Gasteiger partial charge in [0.2, 0.25) is 5.91 Å². The highest BCUT2D eigenvalue weighted by Crippen LogP contribution is 2.30. The molecule has 0 unspecified atom stereocenters. The van der Waals surface area contributed by atoms with Crippen LogP contribution in [-0.4, -0.2) is 20.1 Å². The van der Waals surface area contributed by atoms with Crippen LogP contribution in [-0.2, 0) is 4.79 Å². The molecule has 0 saturated heterocycles. The van der Waals surface area contributed by atoms with Crippen LogP contribution in [0, 0.1) is 13.8 Å². The Labute approximate surface area is 143 Å². The molecule has 4 nitrogen and oxygen atoms in total. The van der Waals surface area contributed by atoms with Crippen LogP contribution >= 0.6 is 0 Å². The lowest BCUT2D eigenvalue weighted by Gasteiger charge is -2.11. The molecular weight excluding hydrogens is 302 g/mol. The molecule has 24 heavy (non-hydrogen) atoms. The normalized spacial score (nSPS) is 11.1. The van der Waals surface area contributed by atoms with E-state index in [1.807, 2.05) is 45.0 Å². The molecule has 0 bridgehead atoms. The molecule has 2 rings (SSSR count). The summed E-state index contributed by atoms with van der Waals surface area (Å²) >= 11 is 0. The van der Waals surface area contributed by atoms with Gasteiger partial charge in [0.05, 0.1) is 14.2 Å². The predicted molar refractivity (Wildman–Crippen MR) is 97.7 cm³/mol. The number of hydrogen-bond donors (Lipinski definition) is 1. The molecule has 0 radical (unpaired) electrons. The third kappa shape index (κ3) is 4.38. The first-order valence-corrected chi connectivity index (χ1v) is 7.73. The molecule has 0 aliphatic carbocycles. The number of ether oxygens (including phenoxy) is 2. The van der Waals surface area contributed by atoms with Gasteiger partial charge in [-0.05, 0) is 61.7 Å². The Bertz CT molecular complexity index is 758. The fourth-order valence-corrected chi connectivity index (χ4v) is 2.62. The van der Waals surface area contributed by atoms with E-state index in [1.54, 1.807) is 26.4 Å². The Morgan fingerprint density at radius 3 is 2.25 bits per heavy atom. The third-order valence-corrected chi connectivity index (χ3v) is 3.67. The summed E-state index contributed by atoms with van der Waals surface area (Å²) in [5, 5.41) is 2.90. The maximum absolute atomic E-state index is 12.3. The first-order chi connectivity index (χ1) is 11.4. The molecule has 0 aliphatic rings. The van der Waals surface area contributed by atoms with Gasteiger partial charge in [0, 0.05) is 23.4 Å². The van der Waals surface area contributed by atoms with Crippen molar-refractivity contribution in [3.05, 3.63) is 59.2 Å². The van der Waals surface area contributed by atoms with Gasteiger partial charge in [-0.3, -0.25) is 4.79 Å². The second-order valence-corrected chi connectivity index (χ2v) is 5.76. The summed E-state index contributed by atoms with van der Waals surface area (Å²) in [6, 6.07) is 11.5. The van der Waals surface area contributed by atoms with Crippen molar-refractivity contribution in [1.82, 2.24) is 0 Å². The minimum Gasteiger partial charge on any atom is -0.497 e. The Morgan fingerprint density at radius 1 is 1.00 bits per heavy atom. The Morgan fingerprint density at radius 2 is 1.67 bits per heavy atom. The van der Waals surface area contributed by atoms with Gasteiger partial charge in [0.25, 0.3) is 0 Å². The number of carbonyl (C=O) groups excluding carboxylic acids is 1. The molecule has 2 aromatic carbocycles. The molecule has 0 spiro atoms. The van der Waals surface area contributed by atoms with E-state index in [1.165, 1.54) is 0 Å². The lowest BCUT2D eigenvalue weighted by molar-refractivity contribution is -0.111. The molecule has 1 N–H and O–H groups in total. The van der Waals surface area contributed by atoms with Crippen molar-refractivity contribution in [2.75, 3.05) is 19.5 Å². The zero-order valence-electron chi connectivity index (χ0n) is 14.8. The van der Waals surface area contributed by atoms with Crippen molar-refractivity contribution in [3.63, 3.8) is 0 Å². The van der Waals surface area contributed by atoms with E-state index in [4.69, 9.17) is 9.47 Å². The van der Waals surface area contributed by atoms with Gasteiger partial charge < -0.3 is 14.8 Å². The maximum Gasteiger partial charge on any atom is 0.248 e. The fourth-order valence-electron chi connectivity index (χ4n) is 2.62. The number of aryl methyl sites for hydroxylation is 2. The van der Waals surface area contributed by atoms with E-state index in [2.05, 4.69) is 11.4 Å². The van der Waals surface area contributed by atoms with E-state index in [0.29, 0.717) is 11.5 Å². The lowest BCUT2D eigenvalue weighted by atomic mass is 10.1. The van der Waals surface area contributed by atoms with Crippen LogP contribution in [0.15, 0.2) is 42.5 Å². The number of benzene rings is 2. The van der Waals surface area contributed by atoms with Gasteiger partial charge in [0.1, 0.15) is 11.5 Å². The summed E-state index contributed by atoms with van der Waals surface area (Å²) in [6.07, 6.45) is 1.57. The topological polar surface area (TPSA) is 47.6 Å². The van der Waals surface area contributed by atoms with Crippen molar-refractivity contribution in [1.29, 1.82) is 0 Å². The molecule has 126 valence electrons. The summed E-state index contributed by atoms with van der Waals surface area (Å²) in [6.45, 7) is 5.89. The summed E-state index contributed by atoms with van der Waals surface area (Å²) in [5.74, 6) is 1.21. The van der Waals surface area contributed by atoms with Crippen LogP contribution in [0.25, 0.3) is 5.57 Å². The van der Waals surface area contributed by atoms with E-state index in [-0.39, 0.29) is 5.91 Å². The van der Waals surface area contributed by atoms with Gasteiger partial charge in [-0.15, -0.1) is 0 Å². The first kappa shape index (κ1) is 17.6. The number of methoxy groups -OCH3 is 2. The minimum absolute atomic E-state index is 0.171. The Hall–Kier alpha value is -2.75. The molecule has 4 heteroatoms. The smallest absolute Gasteiger partial charge is 0.248 e. The average Bonchev–Trinajstić information content (AvgIpc) is 2.52. The SMILES string of the molecule is COc1ccc(/C(C)=C/C(=O)Nc2cc(C)cc(C)c2)c(OC)c1. The fraction of sp³-hybridized carbons (Fsp3) is 0.250. The van der Waals surface area contributed by atoms with E-state index < -0.39 is 0 Å². The lowest BCUT2D eigenvalue weighted by Crippen LogP contribution is -2.09. The van der Waals surface area contributed by atoms with Crippen LogP contribution in [0.5, 0.6) is 11.5 Å². The molecule has 0 fully saturated rings. The number of anilines is 1. The standard InChI is InChI=1S/C20H23NO3/c1-13-8-14(2)10-16(9-13)21-20(22)11-15(3)18-7-6-17(23-4)12-19(18)24-5/h6-12H,1-5H3,(H,21,22)/b15-11+. The van der Waals surface area contributed by atoms with E-state index in [9.17, 15) is 4.79 Å². The van der Waals surface area contributed by atoms with Gasteiger partial charge in [-0.1, -0.05) is 6.07 Å². The number of allylic oxidation sites excluding steroid dienone is 1. The number of amides is 1. The van der Waals surface area contributed by atoms with Crippen LogP contribution in [0.1, 0.15) is 23.6 Å². The number of rotatable bonds is 5. The first-order valence-electron chi connectivity index (χ1n) is 7.73. The monoisotopic (exact) mass is 325 g/mol. The highest BCUT2D eigenvalue weighted by atomic mass is 16.5. The quantitative estimate of drug-likeness (QED) is 0.831. The molecule has 1 amide bonds.